The molecule has 0 bridgehead atoms. The van der Waals surface area contributed by atoms with Crippen molar-refractivity contribution in [3.63, 3.8) is 0 Å². The van der Waals surface area contributed by atoms with Gasteiger partial charge in [-0.15, -0.1) is 0 Å². The van der Waals surface area contributed by atoms with E-state index < -0.39 is 0 Å². The van der Waals surface area contributed by atoms with Gasteiger partial charge in [0.05, 0.1) is 5.02 Å². The van der Waals surface area contributed by atoms with E-state index in [1.54, 1.807) is 18.2 Å². The Morgan fingerprint density at radius 1 is 1.33 bits per heavy atom. The van der Waals surface area contributed by atoms with Crippen LogP contribution >= 0.6 is 23.2 Å². The van der Waals surface area contributed by atoms with E-state index in [2.05, 4.69) is 10.6 Å². The van der Waals surface area contributed by atoms with Gasteiger partial charge in [-0.25, -0.2) is 4.39 Å². The molecule has 0 aromatic heterocycles. The summed E-state index contributed by atoms with van der Waals surface area (Å²) in [5, 5.41) is 6.67. The fourth-order valence-electron chi connectivity index (χ4n) is 2.51. The van der Waals surface area contributed by atoms with Crippen LogP contribution in [-0.2, 0) is 4.79 Å². The minimum absolute atomic E-state index is 0.0387. The molecule has 2 rings (SSSR count). The predicted molar refractivity (Wildman–Crippen MR) is 96.6 cm³/mol. The number of rotatable bonds is 7. The van der Waals surface area contributed by atoms with E-state index in [-0.39, 0.29) is 16.8 Å². The van der Waals surface area contributed by atoms with E-state index >= 15 is 0 Å². The minimum atomic E-state index is -0.374. The van der Waals surface area contributed by atoms with Crippen molar-refractivity contribution < 1.29 is 9.18 Å². The van der Waals surface area contributed by atoms with Gasteiger partial charge in [0.1, 0.15) is 5.82 Å². The summed E-state index contributed by atoms with van der Waals surface area (Å²) >= 11 is 11.9. The Labute approximate surface area is 151 Å². The van der Waals surface area contributed by atoms with E-state index in [1.807, 2.05) is 19.1 Å². The monoisotopic (exact) mass is 368 g/mol. The Morgan fingerprint density at radius 3 is 2.88 bits per heavy atom. The fraction of sp³-hybridized carbons (Fsp3) is 0.278. The van der Waals surface area contributed by atoms with Gasteiger partial charge in [0.2, 0.25) is 6.41 Å². The Balaban J connectivity index is 1.98. The van der Waals surface area contributed by atoms with Crippen LogP contribution in [-0.4, -0.2) is 19.5 Å². The fourth-order valence-corrected chi connectivity index (χ4v) is 2.89. The molecule has 0 radical (unpaired) electrons. The Bertz CT molecular complexity index is 698. The predicted octanol–water partition coefficient (Wildman–Crippen LogP) is 4.25. The van der Waals surface area contributed by atoms with Crippen molar-refractivity contribution in [1.29, 1.82) is 0 Å². The largest absolute Gasteiger partial charge is 0.328 e. The third-order valence-corrected chi connectivity index (χ3v) is 4.35. The van der Waals surface area contributed by atoms with E-state index in [9.17, 15) is 9.18 Å². The first-order valence-corrected chi connectivity index (χ1v) is 8.40. The quantitative estimate of drug-likeness (QED) is 0.706. The van der Waals surface area contributed by atoms with E-state index in [0.717, 1.165) is 5.57 Å². The zero-order valence-electron chi connectivity index (χ0n) is 13.3. The number of benzene rings is 1. The molecule has 1 unspecified atom stereocenters. The molecule has 128 valence electrons. The summed E-state index contributed by atoms with van der Waals surface area (Å²) in [7, 11) is 0. The molecule has 6 heteroatoms. The number of nitrogens with one attached hydrogen (secondary N) is 2. The maximum absolute atomic E-state index is 14.0. The summed E-state index contributed by atoms with van der Waals surface area (Å²) in [6, 6.07) is 5.02. The Hall–Kier alpha value is -1.62. The van der Waals surface area contributed by atoms with Crippen molar-refractivity contribution in [2.75, 3.05) is 13.1 Å². The molecule has 1 aromatic carbocycles. The highest BCUT2D eigenvalue weighted by Crippen LogP contribution is 2.24. The topological polar surface area (TPSA) is 41.1 Å². The summed E-state index contributed by atoms with van der Waals surface area (Å²) in [5.74, 6) is -0.412. The van der Waals surface area contributed by atoms with Gasteiger partial charge in [0.15, 0.2) is 0 Å². The molecule has 1 amide bonds. The number of allylic oxidation sites excluding steroid dienone is 4. The number of carbonyl (C=O) groups excluding carboxylic acids is 1. The van der Waals surface area contributed by atoms with Crippen molar-refractivity contribution >= 4 is 29.6 Å². The van der Waals surface area contributed by atoms with E-state index in [0.29, 0.717) is 42.2 Å². The number of hydrogen-bond donors (Lipinski definition) is 2. The molecule has 0 spiro atoms. The number of hydrogen-bond acceptors (Lipinski definition) is 2. The third kappa shape index (κ3) is 4.94. The molecule has 3 nitrogen and oxygen atoms in total. The highest BCUT2D eigenvalue weighted by Gasteiger charge is 2.14. The normalized spacial score (nSPS) is 15.8. The van der Waals surface area contributed by atoms with Crippen LogP contribution in [0, 0.1) is 5.82 Å². The molecule has 24 heavy (non-hydrogen) atoms. The first kappa shape index (κ1) is 18.7. The molecular weight excluding hydrogens is 350 g/mol. The van der Waals surface area contributed by atoms with Crippen LogP contribution in [0.25, 0.3) is 0 Å². The van der Waals surface area contributed by atoms with Crippen LogP contribution in [0.15, 0.2) is 52.7 Å². The zero-order valence-corrected chi connectivity index (χ0v) is 14.8. The maximum Gasteiger partial charge on any atom is 0.211 e. The lowest BCUT2D eigenvalue weighted by molar-refractivity contribution is -0.108. The lowest BCUT2D eigenvalue weighted by Gasteiger charge is -2.16. The van der Waals surface area contributed by atoms with Gasteiger partial charge < -0.3 is 10.6 Å². The second-order valence-corrected chi connectivity index (χ2v) is 6.39. The van der Waals surface area contributed by atoms with Crippen LogP contribution in [0.4, 0.5) is 4.39 Å². The molecule has 1 aliphatic carbocycles. The lowest BCUT2D eigenvalue weighted by Crippen LogP contribution is -2.26. The third-order valence-electron chi connectivity index (χ3n) is 3.80. The van der Waals surface area contributed by atoms with E-state index in [1.165, 1.54) is 6.07 Å². The highest BCUT2D eigenvalue weighted by atomic mass is 35.5. The highest BCUT2D eigenvalue weighted by molar-refractivity contribution is 6.31. The summed E-state index contributed by atoms with van der Waals surface area (Å²) in [5.41, 5.74) is 2.18. The molecule has 0 heterocycles. The van der Waals surface area contributed by atoms with Crippen LogP contribution in [0.5, 0.6) is 0 Å². The standard InChI is InChI=1S/C18H19Cl2FN2O/c1-12(15-6-3-7-16(20)18(15)21)9-22-10-13-4-2-5-14(19)8-17(13)23-11-24/h3-8,11-12,22H,2,9-10H2,1H3,(H,23,24). The second kappa shape index (κ2) is 9.02. The first-order valence-electron chi connectivity index (χ1n) is 7.64. The van der Waals surface area contributed by atoms with Gasteiger partial charge >= 0.3 is 0 Å². The second-order valence-electron chi connectivity index (χ2n) is 5.55. The first-order chi connectivity index (χ1) is 11.5. The summed E-state index contributed by atoms with van der Waals surface area (Å²) in [6.45, 7) is 3.05. The molecule has 2 N–H and O–H groups in total. The van der Waals surface area contributed by atoms with Crippen molar-refractivity contribution in [2.24, 2.45) is 0 Å². The van der Waals surface area contributed by atoms with Crippen molar-refractivity contribution in [1.82, 2.24) is 10.6 Å². The molecule has 0 fully saturated rings. The number of amides is 1. The van der Waals surface area contributed by atoms with Gasteiger partial charge in [-0.1, -0.05) is 54.4 Å². The van der Waals surface area contributed by atoms with Crippen LogP contribution in [0.1, 0.15) is 24.8 Å². The average Bonchev–Trinajstić information content (AvgIpc) is 2.72. The van der Waals surface area contributed by atoms with Crippen molar-refractivity contribution in [3.05, 3.63) is 69.1 Å². The lowest BCUT2D eigenvalue weighted by atomic mass is 10.0. The smallest absolute Gasteiger partial charge is 0.211 e. The van der Waals surface area contributed by atoms with Gasteiger partial charge in [-0.05, 0) is 35.6 Å². The Morgan fingerprint density at radius 2 is 2.12 bits per heavy atom. The number of carbonyl (C=O) groups is 1. The molecule has 1 aromatic rings. The van der Waals surface area contributed by atoms with E-state index in [4.69, 9.17) is 23.2 Å². The summed E-state index contributed by atoms with van der Waals surface area (Å²) < 4.78 is 14.0. The van der Waals surface area contributed by atoms with Crippen LogP contribution in [0.2, 0.25) is 5.02 Å². The van der Waals surface area contributed by atoms with Gasteiger partial charge in [0.25, 0.3) is 0 Å². The van der Waals surface area contributed by atoms with Crippen LogP contribution in [0.3, 0.4) is 0 Å². The van der Waals surface area contributed by atoms with Gasteiger partial charge in [-0.2, -0.15) is 0 Å². The maximum atomic E-state index is 14.0. The zero-order chi connectivity index (χ0) is 17.5. The minimum Gasteiger partial charge on any atom is -0.328 e. The average molecular weight is 369 g/mol. The van der Waals surface area contributed by atoms with Gasteiger partial charge in [0, 0.05) is 23.8 Å². The SMILES string of the molecule is CC(CNCC1=CCC=C(Cl)C=C1NC=O)c1cccc(Cl)c1F. The molecule has 0 saturated heterocycles. The summed E-state index contributed by atoms with van der Waals surface area (Å²) in [4.78, 5) is 10.8. The van der Waals surface area contributed by atoms with Crippen LogP contribution < -0.4 is 10.6 Å². The molecular formula is C18H19Cl2FN2O. The Kier molecular flexibility index (Phi) is 7.03. The molecule has 1 atom stereocenters. The summed E-state index contributed by atoms with van der Waals surface area (Å²) in [6.07, 6.45) is 6.89. The molecule has 0 aliphatic heterocycles. The molecule has 1 aliphatic rings. The van der Waals surface area contributed by atoms with Crippen molar-refractivity contribution in [2.45, 2.75) is 19.3 Å². The van der Waals surface area contributed by atoms with Gasteiger partial charge in [-0.3, -0.25) is 4.79 Å². The number of halogens is 3. The molecule has 0 saturated carbocycles. The van der Waals surface area contributed by atoms with Crippen molar-refractivity contribution in [3.8, 4) is 0 Å².